The van der Waals surface area contributed by atoms with Crippen LogP contribution in [0.15, 0.2) is 47.4 Å². The summed E-state index contributed by atoms with van der Waals surface area (Å²) in [7, 11) is 0. The monoisotopic (exact) mass is 292 g/mol. The molecule has 0 spiro atoms. The summed E-state index contributed by atoms with van der Waals surface area (Å²) in [6.45, 7) is 2.35. The first kappa shape index (κ1) is 13.2. The summed E-state index contributed by atoms with van der Waals surface area (Å²) in [5, 5.41) is 3.98. The van der Waals surface area contributed by atoms with E-state index in [-0.39, 0.29) is 5.56 Å². The number of pyridine rings is 1. The number of hydrogen-bond acceptors (Lipinski definition) is 4. The van der Waals surface area contributed by atoms with Crippen molar-refractivity contribution in [3.05, 3.63) is 58.8 Å². The Morgan fingerprint density at radius 1 is 1.14 bits per heavy atom. The minimum absolute atomic E-state index is 0.0521. The molecule has 1 aliphatic heterocycles. The Bertz CT molecular complexity index is 886. The number of nitrogens with zero attached hydrogens (tertiary/aromatic N) is 3. The highest BCUT2D eigenvalue weighted by molar-refractivity contribution is 5.83. The van der Waals surface area contributed by atoms with Gasteiger partial charge in [0.2, 0.25) is 0 Å². The highest BCUT2D eigenvalue weighted by Gasteiger charge is 2.13. The number of fused-ring (bicyclic) bond motifs is 2. The molecule has 1 N–H and O–H groups in total. The van der Waals surface area contributed by atoms with Gasteiger partial charge in [0.05, 0.1) is 16.6 Å². The molecule has 22 heavy (non-hydrogen) atoms. The third-order valence-corrected chi connectivity index (χ3v) is 4.03. The fraction of sp³-hybridized carbons (Fsp3) is 0.235. The van der Waals surface area contributed by atoms with E-state index in [2.05, 4.69) is 10.3 Å². The van der Waals surface area contributed by atoms with Crippen LogP contribution in [0.25, 0.3) is 22.2 Å². The smallest absolute Gasteiger partial charge is 0.261 e. The maximum atomic E-state index is 12.7. The molecule has 110 valence electrons. The molecular weight excluding hydrogens is 276 g/mol. The molecule has 0 unspecified atom stereocenters. The van der Waals surface area contributed by atoms with Crippen LogP contribution >= 0.6 is 0 Å². The number of rotatable bonds is 1. The lowest BCUT2D eigenvalue weighted by molar-refractivity contribution is 0.627. The van der Waals surface area contributed by atoms with Gasteiger partial charge >= 0.3 is 0 Å². The standard InChI is InChI=1S/C17H16N4O/c22-17-13-5-4-12(14-3-1-2-7-19-14)11-15(13)20-16-6-8-18-9-10-21(16)17/h1-5,7,11,18H,6,8-10H2. The summed E-state index contributed by atoms with van der Waals surface area (Å²) in [6.07, 6.45) is 2.55. The van der Waals surface area contributed by atoms with E-state index in [0.717, 1.165) is 42.1 Å². The molecule has 0 saturated carbocycles. The van der Waals surface area contributed by atoms with E-state index in [1.54, 1.807) is 10.8 Å². The molecule has 5 heteroatoms. The number of benzene rings is 1. The van der Waals surface area contributed by atoms with Crippen LogP contribution in [0.1, 0.15) is 5.82 Å². The zero-order valence-corrected chi connectivity index (χ0v) is 12.1. The summed E-state index contributed by atoms with van der Waals surface area (Å²) in [5.41, 5.74) is 2.68. The van der Waals surface area contributed by atoms with Gasteiger partial charge in [-0.1, -0.05) is 12.1 Å². The van der Waals surface area contributed by atoms with Crippen LogP contribution in [0.4, 0.5) is 0 Å². The van der Waals surface area contributed by atoms with Crippen LogP contribution in [0.3, 0.4) is 0 Å². The van der Waals surface area contributed by atoms with E-state index in [9.17, 15) is 4.79 Å². The van der Waals surface area contributed by atoms with Gasteiger partial charge in [0.25, 0.3) is 5.56 Å². The maximum absolute atomic E-state index is 12.7. The van der Waals surface area contributed by atoms with Gasteiger partial charge in [0, 0.05) is 37.8 Å². The first-order chi connectivity index (χ1) is 10.8. The van der Waals surface area contributed by atoms with Crippen molar-refractivity contribution in [1.82, 2.24) is 19.9 Å². The van der Waals surface area contributed by atoms with Crippen molar-refractivity contribution < 1.29 is 0 Å². The zero-order valence-electron chi connectivity index (χ0n) is 12.1. The van der Waals surface area contributed by atoms with Crippen molar-refractivity contribution >= 4 is 10.9 Å². The van der Waals surface area contributed by atoms with Crippen molar-refractivity contribution in [3.63, 3.8) is 0 Å². The van der Waals surface area contributed by atoms with Crippen LogP contribution in [0.2, 0.25) is 0 Å². The van der Waals surface area contributed by atoms with Crippen LogP contribution < -0.4 is 10.9 Å². The molecule has 3 aromatic rings. The molecule has 5 nitrogen and oxygen atoms in total. The predicted molar refractivity (Wildman–Crippen MR) is 85.8 cm³/mol. The van der Waals surface area contributed by atoms with Crippen molar-refractivity contribution in [3.8, 4) is 11.3 Å². The Morgan fingerprint density at radius 3 is 2.95 bits per heavy atom. The van der Waals surface area contributed by atoms with Crippen LogP contribution in [-0.2, 0) is 13.0 Å². The van der Waals surface area contributed by atoms with Gasteiger partial charge < -0.3 is 5.32 Å². The fourth-order valence-electron chi connectivity index (χ4n) is 2.90. The van der Waals surface area contributed by atoms with E-state index >= 15 is 0 Å². The minimum atomic E-state index is 0.0521. The molecule has 0 radical (unpaired) electrons. The van der Waals surface area contributed by atoms with Gasteiger partial charge in [-0.05, 0) is 24.3 Å². The molecule has 1 aromatic carbocycles. The van der Waals surface area contributed by atoms with Crippen molar-refractivity contribution in [2.24, 2.45) is 0 Å². The molecule has 0 amide bonds. The lowest BCUT2D eigenvalue weighted by Gasteiger charge is -2.10. The summed E-state index contributed by atoms with van der Waals surface area (Å²) < 4.78 is 1.79. The Labute approximate surface area is 127 Å². The summed E-state index contributed by atoms with van der Waals surface area (Å²) >= 11 is 0. The number of aromatic nitrogens is 3. The second-order valence-electron chi connectivity index (χ2n) is 5.43. The average Bonchev–Trinajstić information content (AvgIpc) is 2.81. The average molecular weight is 292 g/mol. The van der Waals surface area contributed by atoms with Gasteiger partial charge in [-0.15, -0.1) is 0 Å². The lowest BCUT2D eigenvalue weighted by atomic mass is 10.1. The van der Waals surface area contributed by atoms with Gasteiger partial charge in [-0.25, -0.2) is 4.98 Å². The van der Waals surface area contributed by atoms with Gasteiger partial charge in [-0.3, -0.25) is 14.3 Å². The fourth-order valence-corrected chi connectivity index (χ4v) is 2.90. The number of hydrogen-bond donors (Lipinski definition) is 1. The quantitative estimate of drug-likeness (QED) is 0.740. The minimum Gasteiger partial charge on any atom is -0.315 e. The molecule has 0 fully saturated rings. The zero-order chi connectivity index (χ0) is 14.9. The third kappa shape index (κ3) is 2.19. The molecule has 3 heterocycles. The largest absolute Gasteiger partial charge is 0.315 e. The maximum Gasteiger partial charge on any atom is 0.261 e. The van der Waals surface area contributed by atoms with E-state index < -0.39 is 0 Å². The normalized spacial score (nSPS) is 14.5. The van der Waals surface area contributed by atoms with Crippen LogP contribution in [0, 0.1) is 0 Å². The topological polar surface area (TPSA) is 59.8 Å². The SMILES string of the molecule is O=c1c2ccc(-c3ccccn3)cc2nc2n1CCNCC2. The van der Waals surface area contributed by atoms with E-state index in [0.29, 0.717) is 11.9 Å². The summed E-state index contributed by atoms with van der Waals surface area (Å²) in [4.78, 5) is 21.7. The highest BCUT2D eigenvalue weighted by atomic mass is 16.1. The Hall–Kier alpha value is -2.53. The van der Waals surface area contributed by atoms with Crippen molar-refractivity contribution in [2.45, 2.75) is 13.0 Å². The molecule has 0 saturated heterocycles. The molecule has 4 rings (SSSR count). The summed E-state index contributed by atoms with van der Waals surface area (Å²) in [5.74, 6) is 0.862. The summed E-state index contributed by atoms with van der Waals surface area (Å²) in [6, 6.07) is 11.6. The van der Waals surface area contributed by atoms with E-state index in [4.69, 9.17) is 4.98 Å². The molecule has 2 aromatic heterocycles. The third-order valence-electron chi connectivity index (χ3n) is 4.03. The molecule has 0 bridgehead atoms. The van der Waals surface area contributed by atoms with Crippen LogP contribution in [-0.4, -0.2) is 27.6 Å². The van der Waals surface area contributed by atoms with Gasteiger partial charge in [0.1, 0.15) is 5.82 Å². The van der Waals surface area contributed by atoms with E-state index in [1.165, 1.54) is 0 Å². The molecule has 0 aliphatic carbocycles. The molecular formula is C17H16N4O. The van der Waals surface area contributed by atoms with Crippen molar-refractivity contribution in [2.75, 3.05) is 13.1 Å². The predicted octanol–water partition coefficient (Wildman–Crippen LogP) is 1.60. The highest BCUT2D eigenvalue weighted by Crippen LogP contribution is 2.20. The molecule has 1 aliphatic rings. The Kier molecular flexibility index (Phi) is 3.20. The second-order valence-corrected chi connectivity index (χ2v) is 5.43. The van der Waals surface area contributed by atoms with Crippen molar-refractivity contribution in [1.29, 1.82) is 0 Å². The lowest BCUT2D eigenvalue weighted by Crippen LogP contribution is -2.26. The van der Waals surface area contributed by atoms with E-state index in [1.807, 2.05) is 36.4 Å². The Balaban J connectivity index is 1.92. The van der Waals surface area contributed by atoms with Gasteiger partial charge in [0.15, 0.2) is 0 Å². The first-order valence-corrected chi connectivity index (χ1v) is 7.48. The molecule has 0 atom stereocenters. The first-order valence-electron chi connectivity index (χ1n) is 7.48. The number of nitrogens with one attached hydrogen (secondary N) is 1. The van der Waals surface area contributed by atoms with Crippen LogP contribution in [0.5, 0.6) is 0 Å². The Morgan fingerprint density at radius 2 is 2.09 bits per heavy atom. The second kappa shape index (κ2) is 5.35. The van der Waals surface area contributed by atoms with Gasteiger partial charge in [-0.2, -0.15) is 0 Å².